The van der Waals surface area contributed by atoms with E-state index in [-0.39, 0.29) is 0 Å². The summed E-state index contributed by atoms with van der Waals surface area (Å²) in [6.07, 6.45) is 52.7. The molecular formula is C44H81NO2. The number of unbranched alkanes of at least 4 members (excludes halogenated alkanes) is 18. The van der Waals surface area contributed by atoms with Crippen LogP contribution in [0, 0.1) is 5.92 Å². The van der Waals surface area contributed by atoms with Gasteiger partial charge in [0.2, 0.25) is 0 Å². The first-order valence-electron chi connectivity index (χ1n) is 20.6. The van der Waals surface area contributed by atoms with Crippen molar-refractivity contribution in [3.05, 3.63) is 48.6 Å². The number of nitrogens with zero attached hydrogens (tertiary/aromatic N) is 1. The lowest BCUT2D eigenvalue weighted by atomic mass is 10.1. The minimum absolute atomic E-state index is 0.294. The van der Waals surface area contributed by atoms with Crippen molar-refractivity contribution in [2.45, 2.75) is 193 Å². The Balaban J connectivity index is 2.04. The van der Waals surface area contributed by atoms with Gasteiger partial charge in [0.05, 0.1) is 12.2 Å². The van der Waals surface area contributed by atoms with Crippen LogP contribution in [0.4, 0.5) is 0 Å². The molecule has 0 aromatic rings. The quantitative estimate of drug-likeness (QED) is 0.0508. The predicted octanol–water partition coefficient (Wildman–Crippen LogP) is 13.4. The zero-order chi connectivity index (χ0) is 33.9. The van der Waals surface area contributed by atoms with Crippen molar-refractivity contribution in [3.8, 4) is 0 Å². The Morgan fingerprint density at radius 1 is 0.447 bits per heavy atom. The van der Waals surface area contributed by atoms with Gasteiger partial charge in [-0.1, -0.05) is 140 Å². The second kappa shape index (κ2) is 34.7. The van der Waals surface area contributed by atoms with E-state index in [1.807, 2.05) is 0 Å². The average Bonchev–Trinajstić information content (AvgIpc) is 3.44. The first-order valence-corrected chi connectivity index (χ1v) is 20.6. The molecule has 0 heterocycles. The summed E-state index contributed by atoms with van der Waals surface area (Å²) < 4.78 is 12.9. The van der Waals surface area contributed by atoms with E-state index in [0.29, 0.717) is 18.1 Å². The highest BCUT2D eigenvalue weighted by molar-refractivity contribution is 4.93. The van der Waals surface area contributed by atoms with Crippen LogP contribution in [-0.2, 0) is 9.47 Å². The Labute approximate surface area is 295 Å². The number of hydrogen-bond donors (Lipinski definition) is 0. The lowest BCUT2D eigenvalue weighted by Gasteiger charge is -2.21. The van der Waals surface area contributed by atoms with Gasteiger partial charge >= 0.3 is 0 Å². The van der Waals surface area contributed by atoms with Crippen LogP contribution >= 0.6 is 0 Å². The molecule has 1 aliphatic rings. The van der Waals surface area contributed by atoms with Crippen LogP contribution in [-0.4, -0.2) is 51.0 Å². The van der Waals surface area contributed by atoms with Crippen molar-refractivity contribution in [2.24, 2.45) is 5.92 Å². The average molecular weight is 656 g/mol. The molecule has 47 heavy (non-hydrogen) atoms. The monoisotopic (exact) mass is 656 g/mol. The highest BCUT2D eigenvalue weighted by atomic mass is 16.5. The Kier molecular flexibility index (Phi) is 32.4. The SMILES string of the molecule is CCCCC/C=C\C/C=C\CCCCCCCCO[C@H]1C[C@H](CN(C)C)C[C@H]1OCCCCCCCC/C=C\C/C=C\CCCCC. The van der Waals surface area contributed by atoms with Gasteiger partial charge in [-0.3, -0.25) is 0 Å². The van der Waals surface area contributed by atoms with Gasteiger partial charge in [0.1, 0.15) is 0 Å². The molecule has 1 fully saturated rings. The van der Waals surface area contributed by atoms with Crippen molar-refractivity contribution in [1.82, 2.24) is 4.90 Å². The highest BCUT2D eigenvalue weighted by Gasteiger charge is 2.35. The Morgan fingerprint density at radius 3 is 1.15 bits per heavy atom. The van der Waals surface area contributed by atoms with Crippen LogP contribution < -0.4 is 0 Å². The summed E-state index contributed by atoms with van der Waals surface area (Å²) in [6.45, 7) is 7.49. The zero-order valence-electron chi connectivity index (χ0n) is 32.1. The maximum atomic E-state index is 6.46. The summed E-state index contributed by atoms with van der Waals surface area (Å²) in [5.74, 6) is 0.701. The standard InChI is InChI=1S/C44H81NO2/c1-5-7-9-11-13-15-17-19-21-23-25-27-29-31-33-35-37-46-43-39-42(41-45(3)4)40-44(43)47-38-36-34-32-30-28-26-24-22-20-18-16-14-12-10-8-6-2/h13-16,19-22,42-44H,5-12,17-18,23-41H2,1-4H3/b15-13-,16-14-,21-19-,22-20-/t42-,43-,44+. The third-order valence-corrected chi connectivity index (χ3v) is 9.52. The van der Waals surface area contributed by atoms with Gasteiger partial charge in [-0.05, 0) is 110 Å². The zero-order valence-corrected chi connectivity index (χ0v) is 32.1. The molecule has 1 aliphatic carbocycles. The first-order chi connectivity index (χ1) is 23.2. The van der Waals surface area contributed by atoms with E-state index < -0.39 is 0 Å². The van der Waals surface area contributed by atoms with Gasteiger partial charge < -0.3 is 14.4 Å². The van der Waals surface area contributed by atoms with E-state index in [4.69, 9.17) is 9.47 Å². The van der Waals surface area contributed by atoms with E-state index in [1.165, 1.54) is 141 Å². The molecule has 0 unspecified atom stereocenters. The van der Waals surface area contributed by atoms with Crippen LogP contribution in [0.3, 0.4) is 0 Å². The van der Waals surface area contributed by atoms with Crippen molar-refractivity contribution < 1.29 is 9.47 Å². The summed E-state index contributed by atoms with van der Waals surface area (Å²) in [7, 11) is 4.39. The van der Waals surface area contributed by atoms with E-state index >= 15 is 0 Å². The lowest BCUT2D eigenvalue weighted by molar-refractivity contribution is -0.0578. The second-order valence-electron chi connectivity index (χ2n) is 14.6. The van der Waals surface area contributed by atoms with E-state index in [9.17, 15) is 0 Å². The normalized spacial score (nSPS) is 18.9. The van der Waals surface area contributed by atoms with E-state index in [0.717, 1.165) is 45.4 Å². The van der Waals surface area contributed by atoms with Crippen LogP contribution in [0.1, 0.15) is 181 Å². The molecule has 0 spiro atoms. The van der Waals surface area contributed by atoms with Crippen LogP contribution in [0.5, 0.6) is 0 Å². The van der Waals surface area contributed by atoms with Crippen molar-refractivity contribution >= 4 is 0 Å². The molecule has 3 nitrogen and oxygen atoms in total. The molecule has 3 atom stereocenters. The number of hydrogen-bond acceptors (Lipinski definition) is 3. The molecule has 0 aliphatic heterocycles. The minimum atomic E-state index is 0.294. The van der Waals surface area contributed by atoms with Gasteiger partial charge in [-0.25, -0.2) is 0 Å². The molecule has 1 saturated carbocycles. The largest absolute Gasteiger partial charge is 0.376 e. The predicted molar refractivity (Wildman–Crippen MR) is 209 cm³/mol. The maximum absolute atomic E-state index is 6.46. The van der Waals surface area contributed by atoms with Gasteiger partial charge in [0, 0.05) is 19.8 Å². The molecule has 3 heteroatoms. The van der Waals surface area contributed by atoms with Gasteiger partial charge in [0.25, 0.3) is 0 Å². The molecule has 0 aromatic heterocycles. The molecule has 0 aromatic carbocycles. The number of ether oxygens (including phenoxy) is 2. The maximum Gasteiger partial charge on any atom is 0.0839 e. The smallest absolute Gasteiger partial charge is 0.0839 e. The molecule has 0 saturated heterocycles. The Bertz CT molecular complexity index is 696. The lowest BCUT2D eigenvalue weighted by Crippen LogP contribution is -2.27. The summed E-state index contributed by atoms with van der Waals surface area (Å²) in [5, 5.41) is 0. The van der Waals surface area contributed by atoms with Gasteiger partial charge in [-0.15, -0.1) is 0 Å². The van der Waals surface area contributed by atoms with E-state index in [1.54, 1.807) is 0 Å². The summed E-state index contributed by atoms with van der Waals surface area (Å²) in [4.78, 5) is 2.33. The van der Waals surface area contributed by atoms with Crippen LogP contribution in [0.25, 0.3) is 0 Å². The van der Waals surface area contributed by atoms with E-state index in [2.05, 4.69) is 81.5 Å². The summed E-state index contributed by atoms with van der Waals surface area (Å²) in [6, 6.07) is 0. The summed E-state index contributed by atoms with van der Waals surface area (Å²) >= 11 is 0. The number of rotatable bonds is 34. The van der Waals surface area contributed by atoms with Crippen molar-refractivity contribution in [2.75, 3.05) is 33.9 Å². The molecule has 0 amide bonds. The first kappa shape index (κ1) is 43.9. The Morgan fingerprint density at radius 2 is 0.787 bits per heavy atom. The number of allylic oxidation sites excluding steroid dienone is 8. The molecule has 274 valence electrons. The van der Waals surface area contributed by atoms with Crippen molar-refractivity contribution in [1.29, 1.82) is 0 Å². The summed E-state index contributed by atoms with van der Waals surface area (Å²) in [5.41, 5.74) is 0. The van der Waals surface area contributed by atoms with Crippen LogP contribution in [0.2, 0.25) is 0 Å². The minimum Gasteiger partial charge on any atom is -0.376 e. The fraction of sp³-hybridized carbons (Fsp3) is 0.818. The molecule has 0 bridgehead atoms. The second-order valence-corrected chi connectivity index (χ2v) is 14.6. The molecule has 0 radical (unpaired) electrons. The highest BCUT2D eigenvalue weighted by Crippen LogP contribution is 2.31. The third-order valence-electron chi connectivity index (χ3n) is 9.52. The van der Waals surface area contributed by atoms with Gasteiger partial charge in [0.15, 0.2) is 0 Å². The molecular weight excluding hydrogens is 574 g/mol. The molecule has 0 N–H and O–H groups in total. The van der Waals surface area contributed by atoms with Crippen LogP contribution in [0.15, 0.2) is 48.6 Å². The van der Waals surface area contributed by atoms with Crippen molar-refractivity contribution in [3.63, 3.8) is 0 Å². The fourth-order valence-corrected chi connectivity index (χ4v) is 6.72. The fourth-order valence-electron chi connectivity index (χ4n) is 6.72. The third kappa shape index (κ3) is 29.5. The topological polar surface area (TPSA) is 21.7 Å². The van der Waals surface area contributed by atoms with Gasteiger partial charge in [-0.2, -0.15) is 0 Å². The Hall–Kier alpha value is -1.16. The molecule has 1 rings (SSSR count).